The maximum Gasteiger partial charge on any atom is 0.329 e. The summed E-state index contributed by atoms with van der Waals surface area (Å²) in [7, 11) is 1.23. The number of thioether (sulfide) groups is 4. The minimum absolute atomic E-state index is 0.0349. The predicted molar refractivity (Wildman–Crippen MR) is 429 cm³/mol. The van der Waals surface area contributed by atoms with Crippen molar-refractivity contribution in [2.75, 3.05) is 68.4 Å². The molecule has 0 aromatic rings. The number of methoxy groups -OCH3 is 1. The van der Waals surface area contributed by atoms with Gasteiger partial charge in [-0.1, -0.05) is 226 Å². The number of carbonyl (C=O) groups excluding carboxylic acids is 10. The summed E-state index contributed by atoms with van der Waals surface area (Å²) in [6.45, 7) is 12.4. The van der Waals surface area contributed by atoms with Crippen LogP contribution in [0, 0.1) is 0 Å². The summed E-state index contributed by atoms with van der Waals surface area (Å²) in [6, 6.07) is -8.63. The van der Waals surface area contributed by atoms with Crippen molar-refractivity contribution >= 4 is 105 Å². The van der Waals surface area contributed by atoms with E-state index in [9.17, 15) is 53.1 Å². The molecule has 11 N–H and O–H groups in total. The van der Waals surface area contributed by atoms with Crippen LogP contribution >= 0.6 is 47.0 Å². The van der Waals surface area contributed by atoms with Gasteiger partial charge in [0.05, 0.1) is 26.3 Å². The second kappa shape index (κ2) is 64.7. The SMILES string of the molecule is CCCCCCCCCCCCCCCC(=O)SC[C@H](NC(=O)CNC(=O)[C@@H]1CCCN1)C(=O)N[C@@H](CCSC)C(=O)N[C@@H](CO)C(=O)N[C@@H](CSC(=O)CCCCCCCCCCCCCCC)C(=O)N[C@@H](CCCCN)C(=O)N[C@@H](CSC/C=C(\C)CC/C=C(\C)CCC=C(C)C)C(=O)OC. The molecule has 0 unspecified atom stereocenters. The van der Waals surface area contributed by atoms with E-state index in [2.05, 4.69) is 102 Å². The Morgan fingerprint density at radius 1 is 0.505 bits per heavy atom. The van der Waals surface area contributed by atoms with Crippen LogP contribution in [0.5, 0.6) is 0 Å². The van der Waals surface area contributed by atoms with E-state index in [-0.39, 0.29) is 59.1 Å². The zero-order chi connectivity index (χ0) is 76.1. The van der Waals surface area contributed by atoms with E-state index in [0.717, 1.165) is 107 Å². The fraction of sp³-hybridized carbons (Fsp3) is 0.795. The van der Waals surface area contributed by atoms with E-state index in [4.69, 9.17) is 10.5 Å². The standard InChI is InChI=1S/C78H139N9O12S4/c1-9-11-13-15-17-19-21-23-25-27-29-31-33-46-70(90)102-57-66(82-69(89)54-81-72(92)62-45-39-51-80-62)76(96)84-64(49-52-100-8)74(94)85-65(55-88)75(95)86-67(58-103-71(91)47-34-32-30-28-26-24-22-20-18-16-14-12-10-2)77(97)83-63(44-35-36-50-79)73(93)87-68(78(98)99-7)56-101-53-48-61(6)43-38-42-60(5)41-37-40-59(3)4/h40,42,48,62-68,80,88H,9-39,41,43-47,49-58,79H2,1-8H3,(H,81,92)(H,82,89)(H,83,97)(H,84,96)(H,85,94)(H,86,95)(H,87,93)/b60-42+,61-48+/t62-,63-,64-,65-,66-,67-,68-/m0/s1. The molecule has 1 aliphatic heterocycles. The molecule has 1 saturated heterocycles. The smallest absolute Gasteiger partial charge is 0.329 e. The summed E-state index contributed by atoms with van der Waals surface area (Å²) in [4.78, 5) is 138. The Morgan fingerprint density at radius 2 is 0.932 bits per heavy atom. The molecule has 592 valence electrons. The number of aliphatic hydroxyl groups is 1. The van der Waals surface area contributed by atoms with Gasteiger partial charge in [-0.2, -0.15) is 23.5 Å². The third kappa shape index (κ3) is 51.5. The molecule has 0 bridgehead atoms. The highest BCUT2D eigenvalue weighted by molar-refractivity contribution is 8.13. The molecule has 25 heteroatoms. The van der Waals surface area contributed by atoms with E-state index < -0.39 is 96.9 Å². The van der Waals surface area contributed by atoms with Crippen LogP contribution in [-0.4, -0.2) is 173 Å². The second-order valence-electron chi connectivity index (χ2n) is 27.9. The molecule has 0 radical (unpaired) electrons. The summed E-state index contributed by atoms with van der Waals surface area (Å²) in [5.74, 6) is -5.33. The van der Waals surface area contributed by atoms with Gasteiger partial charge in [0.1, 0.15) is 36.3 Å². The largest absolute Gasteiger partial charge is 0.467 e. The lowest BCUT2D eigenvalue weighted by atomic mass is 10.0. The van der Waals surface area contributed by atoms with Crippen LogP contribution in [0.1, 0.15) is 286 Å². The highest BCUT2D eigenvalue weighted by Gasteiger charge is 2.35. The number of rotatable bonds is 65. The molecular weight excluding hydrogens is 1380 g/mol. The van der Waals surface area contributed by atoms with Crippen molar-refractivity contribution in [1.29, 1.82) is 0 Å². The Morgan fingerprint density at radius 3 is 1.39 bits per heavy atom. The molecule has 21 nitrogen and oxygen atoms in total. The Labute approximate surface area is 638 Å². The fourth-order valence-corrected chi connectivity index (χ4v) is 15.0. The van der Waals surface area contributed by atoms with Crippen molar-refractivity contribution in [1.82, 2.24) is 42.5 Å². The average Bonchev–Trinajstić information content (AvgIpc) is 1.48. The topological polar surface area (TPSA) is 322 Å². The van der Waals surface area contributed by atoms with Gasteiger partial charge in [-0.3, -0.25) is 43.2 Å². The maximum absolute atomic E-state index is 14.6. The van der Waals surface area contributed by atoms with E-state index in [1.54, 1.807) is 6.26 Å². The molecule has 7 amide bonds. The first-order valence-electron chi connectivity index (χ1n) is 39.3. The van der Waals surface area contributed by atoms with Crippen molar-refractivity contribution in [2.45, 2.75) is 328 Å². The number of allylic oxidation sites excluding steroid dienone is 5. The molecule has 0 saturated carbocycles. The van der Waals surface area contributed by atoms with Gasteiger partial charge in [-0.05, 0) is 130 Å². The van der Waals surface area contributed by atoms with E-state index in [1.165, 1.54) is 150 Å². The Kier molecular flexibility index (Phi) is 60.7. The minimum Gasteiger partial charge on any atom is -0.467 e. The molecule has 1 aliphatic rings. The summed E-state index contributed by atoms with van der Waals surface area (Å²) >= 11 is 4.55. The Hall–Kier alpha value is -4.40. The van der Waals surface area contributed by atoms with Crippen LogP contribution in [-0.2, 0) is 52.7 Å². The molecule has 103 heavy (non-hydrogen) atoms. The molecule has 7 atom stereocenters. The molecule has 0 aromatic heterocycles. The molecular formula is C78H139N9O12S4. The van der Waals surface area contributed by atoms with Gasteiger partial charge in [-0.15, -0.1) is 0 Å². The molecule has 1 rings (SSSR count). The zero-order valence-electron chi connectivity index (χ0n) is 64.7. The molecule has 1 fully saturated rings. The minimum atomic E-state index is -1.70. The third-order valence-corrected chi connectivity index (χ3v) is 21.9. The first-order valence-corrected chi connectivity index (χ1v) is 43.8. The highest BCUT2D eigenvalue weighted by Crippen LogP contribution is 2.20. The number of nitrogens with two attached hydrogens (primary N) is 1. The molecule has 0 aliphatic carbocycles. The summed E-state index contributed by atoms with van der Waals surface area (Å²) in [6.07, 6.45) is 44.9. The van der Waals surface area contributed by atoms with E-state index in [1.807, 2.05) is 0 Å². The molecule has 0 aromatic carbocycles. The van der Waals surface area contributed by atoms with Crippen molar-refractivity contribution in [3.05, 3.63) is 34.9 Å². The van der Waals surface area contributed by atoms with Crippen molar-refractivity contribution in [3.8, 4) is 0 Å². The number of aliphatic hydroxyl groups excluding tert-OH is 1. The van der Waals surface area contributed by atoms with Gasteiger partial charge in [0.25, 0.3) is 0 Å². The van der Waals surface area contributed by atoms with Gasteiger partial charge in [0, 0.05) is 35.9 Å². The normalized spacial score (nSPS) is 14.8. The zero-order valence-corrected chi connectivity index (χ0v) is 67.9. The van der Waals surface area contributed by atoms with Crippen molar-refractivity contribution in [3.63, 3.8) is 0 Å². The number of nitrogens with one attached hydrogen (secondary N) is 8. The van der Waals surface area contributed by atoms with E-state index in [0.29, 0.717) is 56.7 Å². The van der Waals surface area contributed by atoms with Gasteiger partial charge in [-0.25, -0.2) is 4.79 Å². The number of ether oxygens (including phenoxy) is 1. The first kappa shape index (κ1) is 96.6. The van der Waals surface area contributed by atoms with Gasteiger partial charge >= 0.3 is 5.97 Å². The highest BCUT2D eigenvalue weighted by atomic mass is 32.2. The predicted octanol–water partition coefficient (Wildman–Crippen LogP) is 12.4. The number of hydrogen-bond acceptors (Lipinski definition) is 18. The number of carbonyl (C=O) groups is 10. The summed E-state index contributed by atoms with van der Waals surface area (Å²) in [5, 5.41) is 32.1. The quantitative estimate of drug-likeness (QED) is 0.0154. The lowest BCUT2D eigenvalue weighted by Gasteiger charge is -2.27. The summed E-state index contributed by atoms with van der Waals surface area (Å²) < 4.78 is 5.11. The van der Waals surface area contributed by atoms with Crippen molar-refractivity contribution < 1.29 is 57.8 Å². The van der Waals surface area contributed by atoms with Crippen LogP contribution in [0.15, 0.2) is 34.9 Å². The van der Waals surface area contributed by atoms with Crippen LogP contribution in [0.4, 0.5) is 0 Å². The van der Waals surface area contributed by atoms with Crippen LogP contribution in [0.3, 0.4) is 0 Å². The maximum atomic E-state index is 14.6. The number of unbranched alkanes of at least 4 members (excludes halogenated alkanes) is 25. The van der Waals surface area contributed by atoms with E-state index >= 15 is 0 Å². The van der Waals surface area contributed by atoms with Gasteiger partial charge < -0.3 is 58.1 Å². The fourth-order valence-electron chi connectivity index (χ4n) is 11.7. The molecule has 0 spiro atoms. The second-order valence-corrected chi connectivity index (χ2v) is 32.1. The lowest BCUT2D eigenvalue weighted by Crippen LogP contribution is -2.61. The van der Waals surface area contributed by atoms with Crippen LogP contribution < -0.4 is 48.3 Å². The van der Waals surface area contributed by atoms with Crippen molar-refractivity contribution in [2.24, 2.45) is 5.73 Å². The van der Waals surface area contributed by atoms with Crippen LogP contribution in [0.2, 0.25) is 0 Å². The first-order chi connectivity index (χ1) is 49.7. The van der Waals surface area contributed by atoms with Gasteiger partial charge in [0.2, 0.25) is 41.4 Å². The Bertz CT molecular complexity index is 2480. The van der Waals surface area contributed by atoms with Crippen LogP contribution in [0.25, 0.3) is 0 Å². The third-order valence-electron chi connectivity index (χ3n) is 18.3. The number of amides is 7. The lowest BCUT2D eigenvalue weighted by molar-refractivity contribution is -0.144. The monoisotopic (exact) mass is 1520 g/mol. The molecule has 1 heterocycles. The average molecular weight is 1520 g/mol. The number of hydrogen-bond donors (Lipinski definition) is 10. The summed E-state index contributed by atoms with van der Waals surface area (Å²) in [5.41, 5.74) is 9.71. The Balaban J connectivity index is 3.39. The van der Waals surface area contributed by atoms with Gasteiger partial charge in [0.15, 0.2) is 10.2 Å². The number of esters is 1.